The third-order valence-electron chi connectivity index (χ3n) is 5.50. The number of anilines is 1. The zero-order valence-electron chi connectivity index (χ0n) is 17.8. The van der Waals surface area contributed by atoms with Crippen LogP contribution in [0.3, 0.4) is 0 Å². The van der Waals surface area contributed by atoms with Crippen molar-refractivity contribution >= 4 is 28.3 Å². The lowest BCUT2D eigenvalue weighted by Gasteiger charge is -2.39. The van der Waals surface area contributed by atoms with Crippen molar-refractivity contribution in [2.45, 2.75) is 18.9 Å². The fraction of sp³-hybridized carbons (Fsp3) is 0.208. The largest absolute Gasteiger partial charge is 0.496 e. The van der Waals surface area contributed by atoms with E-state index in [0.717, 1.165) is 10.8 Å². The van der Waals surface area contributed by atoms with Crippen LogP contribution in [0.2, 0.25) is 0 Å². The number of carbonyl (C=O) groups excluding carboxylic acids is 1. The number of likely N-dealkylation sites (N-methyl/N-ethyl adjacent to an activating group) is 1. The van der Waals surface area contributed by atoms with Crippen molar-refractivity contribution in [3.63, 3.8) is 0 Å². The maximum Gasteiger partial charge on any atom is 0.330 e. The topological polar surface area (TPSA) is 104 Å². The fourth-order valence-electron chi connectivity index (χ4n) is 3.88. The maximum absolute atomic E-state index is 13.1. The molecule has 0 radical (unpaired) electrons. The number of hydrogen-bond acceptors (Lipinski definition) is 6. The molecule has 8 nitrogen and oxygen atoms in total. The van der Waals surface area contributed by atoms with Gasteiger partial charge in [0.25, 0.3) is 5.91 Å². The van der Waals surface area contributed by atoms with Crippen LogP contribution in [0.4, 0.5) is 5.69 Å². The Labute approximate surface area is 185 Å². The van der Waals surface area contributed by atoms with Gasteiger partial charge in [0.1, 0.15) is 11.4 Å². The number of nitrogens with zero attached hydrogens (tertiary/aromatic N) is 2. The molecule has 1 aliphatic heterocycles. The fourth-order valence-corrected chi connectivity index (χ4v) is 3.88. The predicted molar refractivity (Wildman–Crippen MR) is 121 cm³/mol. The summed E-state index contributed by atoms with van der Waals surface area (Å²) in [4.78, 5) is 29.9. The van der Waals surface area contributed by atoms with Crippen LogP contribution in [-0.2, 0) is 16.0 Å². The van der Waals surface area contributed by atoms with Crippen LogP contribution in [0.25, 0.3) is 10.8 Å². The molecule has 3 aromatic rings. The van der Waals surface area contributed by atoms with E-state index in [4.69, 9.17) is 4.74 Å². The Morgan fingerprint density at radius 1 is 1.19 bits per heavy atom. The number of para-hydroxylation sites is 1. The lowest BCUT2D eigenvalue weighted by atomic mass is 9.88. The van der Waals surface area contributed by atoms with E-state index in [1.165, 1.54) is 11.1 Å². The number of ether oxygens (including phenoxy) is 1. The molecule has 0 saturated heterocycles. The summed E-state index contributed by atoms with van der Waals surface area (Å²) >= 11 is 0. The molecule has 1 amide bonds. The molecule has 3 N–H and O–H groups in total. The molecule has 1 aromatic heterocycles. The lowest BCUT2D eigenvalue weighted by molar-refractivity contribution is -0.148. The summed E-state index contributed by atoms with van der Waals surface area (Å²) in [5.41, 5.74) is 2.85. The number of carboxylic acid groups (broad SMARTS) is 1. The van der Waals surface area contributed by atoms with Gasteiger partial charge in [-0.2, -0.15) is 0 Å². The number of aliphatic carboxylic acids is 1. The van der Waals surface area contributed by atoms with Gasteiger partial charge in [-0.25, -0.2) is 10.2 Å². The first-order valence-electron chi connectivity index (χ1n) is 10.2. The van der Waals surface area contributed by atoms with E-state index in [9.17, 15) is 14.7 Å². The van der Waals surface area contributed by atoms with Gasteiger partial charge in [-0.3, -0.25) is 14.8 Å². The number of pyridine rings is 1. The average Bonchev–Trinajstić information content (AvgIpc) is 2.81. The molecule has 0 bridgehead atoms. The highest BCUT2D eigenvalue weighted by Crippen LogP contribution is 2.30. The maximum atomic E-state index is 13.1. The van der Waals surface area contributed by atoms with Crippen molar-refractivity contribution in [1.82, 2.24) is 15.4 Å². The molecular formula is C24H24N4O4. The van der Waals surface area contributed by atoms with Crippen molar-refractivity contribution in [3.05, 3.63) is 78.3 Å². The van der Waals surface area contributed by atoms with E-state index in [1.54, 1.807) is 32.5 Å². The van der Waals surface area contributed by atoms with Crippen LogP contribution in [-0.4, -0.2) is 46.2 Å². The van der Waals surface area contributed by atoms with Crippen molar-refractivity contribution in [3.8, 4) is 5.75 Å². The number of nitrogens with one attached hydrogen (secondary N) is 2. The third kappa shape index (κ3) is 3.88. The summed E-state index contributed by atoms with van der Waals surface area (Å²) in [5, 5.41) is 16.5. The molecule has 2 aromatic carbocycles. The average molecular weight is 432 g/mol. The minimum atomic E-state index is -1.56. The quantitative estimate of drug-likeness (QED) is 0.527. The van der Waals surface area contributed by atoms with Crippen LogP contribution < -0.4 is 15.5 Å². The minimum absolute atomic E-state index is 0.0785. The van der Waals surface area contributed by atoms with Gasteiger partial charge in [0, 0.05) is 29.9 Å². The second kappa shape index (κ2) is 8.68. The number of hydrazine groups is 1. The Kier molecular flexibility index (Phi) is 5.79. The number of methoxy groups -OCH3 is 1. The molecule has 0 aliphatic carbocycles. The van der Waals surface area contributed by atoms with Crippen LogP contribution in [0.5, 0.6) is 5.75 Å². The van der Waals surface area contributed by atoms with Gasteiger partial charge in [0.15, 0.2) is 5.54 Å². The second-order valence-corrected chi connectivity index (χ2v) is 7.52. The summed E-state index contributed by atoms with van der Waals surface area (Å²) in [6.07, 6.45) is 4.88. The number of rotatable bonds is 7. The molecule has 4 rings (SSSR count). The molecule has 1 atom stereocenters. The van der Waals surface area contributed by atoms with Gasteiger partial charge in [0.05, 0.1) is 19.0 Å². The van der Waals surface area contributed by atoms with Crippen molar-refractivity contribution < 1.29 is 19.4 Å². The zero-order chi connectivity index (χ0) is 22.7. The van der Waals surface area contributed by atoms with Gasteiger partial charge in [-0.1, -0.05) is 42.5 Å². The number of carboxylic acids is 1. The van der Waals surface area contributed by atoms with Crippen LogP contribution in [0.15, 0.2) is 72.7 Å². The van der Waals surface area contributed by atoms with E-state index in [0.29, 0.717) is 17.0 Å². The van der Waals surface area contributed by atoms with Crippen LogP contribution in [0.1, 0.15) is 12.5 Å². The summed E-state index contributed by atoms with van der Waals surface area (Å²) < 4.78 is 5.41. The smallest absolute Gasteiger partial charge is 0.330 e. The highest BCUT2D eigenvalue weighted by atomic mass is 16.5. The molecule has 164 valence electrons. The van der Waals surface area contributed by atoms with E-state index < -0.39 is 11.5 Å². The number of carbonyl (C=O) groups is 2. The van der Waals surface area contributed by atoms with Gasteiger partial charge >= 0.3 is 5.97 Å². The summed E-state index contributed by atoms with van der Waals surface area (Å²) in [6.45, 7) is 2.07. The monoisotopic (exact) mass is 432 g/mol. The lowest BCUT2D eigenvalue weighted by Crippen LogP contribution is -2.64. The normalized spacial score (nSPS) is 18.4. The van der Waals surface area contributed by atoms with Crippen molar-refractivity contribution in [1.29, 1.82) is 0 Å². The Hall–Kier alpha value is -3.91. The van der Waals surface area contributed by atoms with Gasteiger partial charge in [-0.05, 0) is 24.6 Å². The Balaban J connectivity index is 1.80. The van der Waals surface area contributed by atoms with E-state index in [-0.39, 0.29) is 24.6 Å². The standard InChI is InChI=1S/C24H24N4O4/c1-3-28-22(29)19(26-20-15-25-14-17-9-4-6-10-18(17)20)13-24(27-28,23(30)31)12-16-8-5-7-11-21(16)32-2/h4-11,13-15,26-27H,3,12H2,1-2H3,(H,30,31). The number of amides is 1. The third-order valence-corrected chi connectivity index (χ3v) is 5.50. The molecule has 0 saturated carbocycles. The second-order valence-electron chi connectivity index (χ2n) is 7.52. The molecular weight excluding hydrogens is 408 g/mol. The number of aromatic nitrogens is 1. The van der Waals surface area contributed by atoms with Crippen molar-refractivity contribution in [2.75, 3.05) is 19.0 Å². The molecule has 8 heteroatoms. The Morgan fingerprint density at radius 2 is 1.94 bits per heavy atom. The molecule has 0 fully saturated rings. The van der Waals surface area contributed by atoms with E-state index in [1.807, 2.05) is 42.5 Å². The number of hydrogen-bond donors (Lipinski definition) is 3. The molecule has 1 aliphatic rings. The van der Waals surface area contributed by atoms with Gasteiger partial charge < -0.3 is 15.2 Å². The number of benzene rings is 2. The SMILES string of the molecule is CCN1NC(Cc2ccccc2OC)(C(=O)O)C=C(Nc2cncc3ccccc23)C1=O. The molecule has 32 heavy (non-hydrogen) atoms. The Bertz CT molecular complexity index is 1200. The first-order chi connectivity index (χ1) is 15.5. The first kappa shape index (κ1) is 21.3. The van der Waals surface area contributed by atoms with E-state index >= 15 is 0 Å². The summed E-state index contributed by atoms with van der Waals surface area (Å²) in [6, 6.07) is 14.9. The molecule has 2 heterocycles. The molecule has 0 spiro atoms. The van der Waals surface area contributed by atoms with Crippen molar-refractivity contribution in [2.24, 2.45) is 0 Å². The van der Waals surface area contributed by atoms with E-state index in [2.05, 4.69) is 15.7 Å². The Morgan fingerprint density at radius 3 is 2.69 bits per heavy atom. The summed E-state index contributed by atoms with van der Waals surface area (Å²) in [7, 11) is 1.54. The highest BCUT2D eigenvalue weighted by molar-refractivity contribution is 6.02. The van der Waals surface area contributed by atoms with Crippen LogP contribution in [0, 0.1) is 0 Å². The highest BCUT2D eigenvalue weighted by Gasteiger charge is 2.44. The molecule has 1 unspecified atom stereocenters. The predicted octanol–water partition coefficient (Wildman–Crippen LogP) is 2.97. The number of fused-ring (bicyclic) bond motifs is 1. The van der Waals surface area contributed by atoms with Crippen LogP contribution >= 0.6 is 0 Å². The van der Waals surface area contributed by atoms with Gasteiger partial charge in [-0.15, -0.1) is 0 Å². The zero-order valence-corrected chi connectivity index (χ0v) is 17.8. The minimum Gasteiger partial charge on any atom is -0.496 e. The summed E-state index contributed by atoms with van der Waals surface area (Å²) in [5.74, 6) is -0.877. The first-order valence-corrected chi connectivity index (χ1v) is 10.2. The van der Waals surface area contributed by atoms with Gasteiger partial charge in [0.2, 0.25) is 0 Å².